The zero-order chi connectivity index (χ0) is 18.8. The van der Waals surface area contributed by atoms with E-state index in [4.69, 9.17) is 9.84 Å². The molecule has 0 rings (SSSR count). The van der Waals surface area contributed by atoms with E-state index in [1.165, 1.54) is 6.92 Å². The van der Waals surface area contributed by atoms with Crippen LogP contribution in [0.1, 0.15) is 40.5 Å². The van der Waals surface area contributed by atoms with Crippen molar-refractivity contribution in [3.8, 4) is 0 Å². The zero-order valence-corrected chi connectivity index (χ0v) is 14.6. The number of hydrogen-bond acceptors (Lipinski definition) is 5. The van der Waals surface area contributed by atoms with Crippen LogP contribution >= 0.6 is 0 Å². The third-order valence-corrected chi connectivity index (χ3v) is 2.72. The highest BCUT2D eigenvalue weighted by Gasteiger charge is 2.16. The fourth-order valence-corrected chi connectivity index (χ4v) is 1.44. The van der Waals surface area contributed by atoms with Gasteiger partial charge < -0.3 is 25.8 Å². The molecule has 0 aromatic carbocycles. The molecule has 9 nitrogen and oxygen atoms in total. The third-order valence-electron chi connectivity index (χ3n) is 2.72. The first-order chi connectivity index (χ1) is 11.0. The van der Waals surface area contributed by atoms with Crippen LogP contribution in [0.25, 0.3) is 0 Å². The summed E-state index contributed by atoms with van der Waals surface area (Å²) in [6.07, 6.45) is -0.476. The number of carbonyl (C=O) groups is 4. The number of nitrogens with one attached hydrogen (secondary N) is 3. The second kappa shape index (κ2) is 10.5. The largest absolute Gasteiger partial charge is 0.481 e. The second-order valence-corrected chi connectivity index (χ2v) is 6.32. The van der Waals surface area contributed by atoms with Gasteiger partial charge in [0.25, 0.3) is 0 Å². The lowest BCUT2D eigenvalue weighted by Crippen LogP contribution is -2.36. The summed E-state index contributed by atoms with van der Waals surface area (Å²) in [4.78, 5) is 44.9. The number of carbonyl (C=O) groups excluding carboxylic acids is 3. The van der Waals surface area contributed by atoms with Crippen LogP contribution in [-0.4, -0.2) is 54.2 Å². The van der Waals surface area contributed by atoms with Gasteiger partial charge in [0.15, 0.2) is 0 Å². The Bertz CT molecular complexity index is 459. The Balaban J connectivity index is 3.74. The van der Waals surface area contributed by atoms with E-state index in [-0.39, 0.29) is 44.3 Å². The Kier molecular flexibility index (Phi) is 9.44. The number of alkyl carbamates (subject to hydrolysis) is 1. The molecule has 1 unspecified atom stereocenters. The van der Waals surface area contributed by atoms with Crippen molar-refractivity contribution in [1.29, 1.82) is 0 Å². The normalized spacial score (nSPS) is 12.0. The van der Waals surface area contributed by atoms with Crippen LogP contribution in [0, 0.1) is 5.92 Å². The summed E-state index contributed by atoms with van der Waals surface area (Å²) in [5.41, 5.74) is -0.599. The summed E-state index contributed by atoms with van der Waals surface area (Å²) in [6.45, 7) is 7.01. The average Bonchev–Trinajstić information content (AvgIpc) is 2.42. The highest BCUT2D eigenvalue weighted by Crippen LogP contribution is 2.06. The summed E-state index contributed by atoms with van der Waals surface area (Å²) < 4.78 is 5.02. The van der Waals surface area contributed by atoms with Crippen molar-refractivity contribution in [2.24, 2.45) is 5.92 Å². The Morgan fingerprint density at radius 2 is 1.46 bits per heavy atom. The van der Waals surface area contributed by atoms with E-state index >= 15 is 0 Å². The Morgan fingerprint density at radius 1 is 0.958 bits per heavy atom. The van der Waals surface area contributed by atoms with Crippen LogP contribution in [0.2, 0.25) is 0 Å². The van der Waals surface area contributed by atoms with Gasteiger partial charge in [-0.15, -0.1) is 0 Å². The molecular weight excluding hydrogens is 318 g/mol. The van der Waals surface area contributed by atoms with Crippen LogP contribution in [0.3, 0.4) is 0 Å². The highest BCUT2D eigenvalue weighted by atomic mass is 16.6. The molecule has 0 aliphatic heterocycles. The van der Waals surface area contributed by atoms with Crippen LogP contribution < -0.4 is 16.0 Å². The van der Waals surface area contributed by atoms with Gasteiger partial charge in [0, 0.05) is 32.5 Å². The van der Waals surface area contributed by atoms with Gasteiger partial charge >= 0.3 is 12.1 Å². The molecule has 9 heteroatoms. The van der Waals surface area contributed by atoms with Gasteiger partial charge in [0.2, 0.25) is 11.8 Å². The van der Waals surface area contributed by atoms with Crippen LogP contribution in [0.5, 0.6) is 0 Å². The van der Waals surface area contributed by atoms with Crippen molar-refractivity contribution in [2.75, 3.05) is 19.6 Å². The maximum Gasteiger partial charge on any atom is 0.407 e. The molecule has 1 atom stereocenters. The van der Waals surface area contributed by atoms with Gasteiger partial charge in [-0.2, -0.15) is 0 Å². The van der Waals surface area contributed by atoms with Crippen molar-refractivity contribution in [1.82, 2.24) is 16.0 Å². The molecule has 0 saturated carbocycles. The average molecular weight is 345 g/mol. The van der Waals surface area contributed by atoms with E-state index < -0.39 is 23.6 Å². The second-order valence-electron chi connectivity index (χ2n) is 6.32. The van der Waals surface area contributed by atoms with Gasteiger partial charge in [-0.1, -0.05) is 6.92 Å². The zero-order valence-electron chi connectivity index (χ0n) is 14.6. The molecule has 0 aromatic heterocycles. The van der Waals surface area contributed by atoms with E-state index in [9.17, 15) is 19.2 Å². The van der Waals surface area contributed by atoms with E-state index in [0.717, 1.165) is 0 Å². The molecule has 3 amide bonds. The first-order valence-electron chi connectivity index (χ1n) is 7.74. The number of carboxylic acid groups (broad SMARTS) is 1. The quantitative estimate of drug-likeness (QED) is 0.473. The SMILES string of the molecule is CC(CNC(=O)CCNC(=O)CCNC(=O)OC(C)(C)C)C(=O)O. The summed E-state index contributed by atoms with van der Waals surface area (Å²) in [6, 6.07) is 0. The fourth-order valence-electron chi connectivity index (χ4n) is 1.44. The molecule has 4 N–H and O–H groups in total. The van der Waals surface area contributed by atoms with Crippen molar-refractivity contribution in [3.63, 3.8) is 0 Å². The lowest BCUT2D eigenvalue weighted by molar-refractivity contribution is -0.141. The number of ether oxygens (including phenoxy) is 1. The summed E-state index contributed by atoms with van der Waals surface area (Å²) in [7, 11) is 0. The fraction of sp³-hybridized carbons (Fsp3) is 0.733. The molecule has 138 valence electrons. The summed E-state index contributed by atoms with van der Waals surface area (Å²) in [5, 5.41) is 16.1. The predicted octanol–water partition coefficient (Wildman–Crippen LogP) is 0.244. The van der Waals surface area contributed by atoms with E-state index in [2.05, 4.69) is 16.0 Å². The van der Waals surface area contributed by atoms with Crippen molar-refractivity contribution in [2.45, 2.75) is 46.1 Å². The molecule has 0 fully saturated rings. The van der Waals surface area contributed by atoms with Gasteiger partial charge in [0.1, 0.15) is 5.60 Å². The van der Waals surface area contributed by atoms with Gasteiger partial charge in [-0.25, -0.2) is 4.79 Å². The van der Waals surface area contributed by atoms with E-state index in [1.54, 1.807) is 20.8 Å². The van der Waals surface area contributed by atoms with Gasteiger partial charge in [-0.05, 0) is 20.8 Å². The smallest absolute Gasteiger partial charge is 0.407 e. The molecule has 0 saturated heterocycles. The number of amides is 3. The minimum Gasteiger partial charge on any atom is -0.481 e. The molecular formula is C15H27N3O6. The number of hydrogen-bond donors (Lipinski definition) is 4. The molecule has 24 heavy (non-hydrogen) atoms. The topological polar surface area (TPSA) is 134 Å². The maximum absolute atomic E-state index is 11.5. The maximum atomic E-state index is 11.5. The number of rotatable bonds is 9. The molecule has 0 heterocycles. The summed E-state index contributed by atoms with van der Waals surface area (Å²) >= 11 is 0. The van der Waals surface area contributed by atoms with E-state index in [1.807, 2.05) is 0 Å². The number of aliphatic carboxylic acids is 1. The first kappa shape index (κ1) is 21.7. The van der Waals surface area contributed by atoms with Crippen LogP contribution in [0.4, 0.5) is 4.79 Å². The van der Waals surface area contributed by atoms with Crippen molar-refractivity contribution >= 4 is 23.9 Å². The third kappa shape index (κ3) is 12.2. The Labute approximate surface area is 141 Å². The predicted molar refractivity (Wildman–Crippen MR) is 86.3 cm³/mol. The Morgan fingerprint density at radius 3 is 1.96 bits per heavy atom. The molecule has 0 radical (unpaired) electrons. The van der Waals surface area contributed by atoms with Crippen LogP contribution in [0.15, 0.2) is 0 Å². The number of carboxylic acids is 1. The van der Waals surface area contributed by atoms with Gasteiger partial charge in [0.05, 0.1) is 5.92 Å². The van der Waals surface area contributed by atoms with Crippen molar-refractivity contribution < 1.29 is 29.0 Å². The minimum absolute atomic E-state index is 0.0436. The molecule has 0 spiro atoms. The molecule has 0 aliphatic carbocycles. The van der Waals surface area contributed by atoms with E-state index in [0.29, 0.717) is 0 Å². The summed E-state index contributed by atoms with van der Waals surface area (Å²) in [5.74, 6) is -2.29. The van der Waals surface area contributed by atoms with Crippen molar-refractivity contribution in [3.05, 3.63) is 0 Å². The highest BCUT2D eigenvalue weighted by molar-refractivity contribution is 5.80. The standard InChI is InChI=1S/C15H27N3O6/c1-10(13(21)22)9-18-12(20)5-7-16-11(19)6-8-17-14(23)24-15(2,3)4/h10H,5-9H2,1-4H3,(H,16,19)(H,17,23)(H,18,20)(H,21,22). The molecule has 0 bridgehead atoms. The molecule has 0 aliphatic rings. The molecule has 0 aromatic rings. The monoisotopic (exact) mass is 345 g/mol. The first-order valence-corrected chi connectivity index (χ1v) is 7.74. The van der Waals surface area contributed by atoms with Gasteiger partial charge in [-0.3, -0.25) is 14.4 Å². The lowest BCUT2D eigenvalue weighted by atomic mass is 10.2. The van der Waals surface area contributed by atoms with Crippen LogP contribution in [-0.2, 0) is 19.1 Å². The Hall–Kier alpha value is -2.32. The minimum atomic E-state index is -0.985. The lowest BCUT2D eigenvalue weighted by Gasteiger charge is -2.19.